The summed E-state index contributed by atoms with van der Waals surface area (Å²) in [5.41, 5.74) is 2.17. The van der Waals surface area contributed by atoms with Crippen LogP contribution in [0.1, 0.15) is 25.8 Å². The van der Waals surface area contributed by atoms with Gasteiger partial charge in [0.15, 0.2) is 0 Å². The van der Waals surface area contributed by atoms with Gasteiger partial charge in [-0.25, -0.2) is 0 Å². The molecule has 0 bridgehead atoms. The first kappa shape index (κ1) is 8.85. The number of phenolic OH excluding ortho intramolecular Hbond substituents is 1. The minimum absolute atomic E-state index is 0.352. The van der Waals surface area contributed by atoms with Crippen molar-refractivity contribution in [3.63, 3.8) is 0 Å². The molecule has 1 aromatic carbocycles. The Labute approximate surface area is 73.4 Å². The lowest BCUT2D eigenvalue weighted by Gasteiger charge is -1.99. The molecule has 1 heteroatoms. The fraction of sp³-hybridized carbons (Fsp3) is 0.273. The molecule has 0 spiro atoms. The average Bonchev–Trinajstić information content (AvgIpc) is 2.09. The zero-order valence-corrected chi connectivity index (χ0v) is 7.54. The van der Waals surface area contributed by atoms with Crippen LogP contribution in [0.25, 0.3) is 6.08 Å². The Morgan fingerprint density at radius 2 is 2.08 bits per heavy atom. The van der Waals surface area contributed by atoms with Crippen molar-refractivity contribution >= 4 is 6.08 Å². The minimum atomic E-state index is 0.352. The number of allylic oxidation sites excluding steroid dienone is 1. The van der Waals surface area contributed by atoms with Gasteiger partial charge in [0.25, 0.3) is 0 Å². The third kappa shape index (κ3) is 2.12. The molecule has 1 aromatic rings. The van der Waals surface area contributed by atoms with E-state index in [-0.39, 0.29) is 0 Å². The second-order valence-electron chi connectivity index (χ2n) is 2.90. The van der Waals surface area contributed by atoms with E-state index in [2.05, 4.69) is 13.8 Å². The van der Waals surface area contributed by atoms with Crippen LogP contribution in [0.15, 0.2) is 29.8 Å². The van der Waals surface area contributed by atoms with Crippen LogP contribution < -0.4 is 0 Å². The Hall–Kier alpha value is -1.24. The van der Waals surface area contributed by atoms with Crippen LogP contribution in [-0.4, -0.2) is 5.11 Å². The molecular formula is C11H14O. The van der Waals surface area contributed by atoms with Gasteiger partial charge < -0.3 is 5.11 Å². The van der Waals surface area contributed by atoms with Crippen LogP contribution >= 0.6 is 0 Å². The van der Waals surface area contributed by atoms with E-state index in [1.165, 1.54) is 5.57 Å². The Balaban J connectivity index is 2.96. The highest BCUT2D eigenvalue weighted by Crippen LogP contribution is 2.19. The predicted octanol–water partition coefficient (Wildman–Crippen LogP) is 3.21. The van der Waals surface area contributed by atoms with Crippen molar-refractivity contribution in [2.45, 2.75) is 20.3 Å². The Kier molecular flexibility index (Phi) is 2.92. The van der Waals surface area contributed by atoms with Crippen molar-refractivity contribution in [1.82, 2.24) is 0 Å². The van der Waals surface area contributed by atoms with E-state index < -0.39 is 0 Å². The van der Waals surface area contributed by atoms with Crippen molar-refractivity contribution < 1.29 is 5.11 Å². The van der Waals surface area contributed by atoms with Crippen LogP contribution in [-0.2, 0) is 0 Å². The number of rotatable bonds is 2. The van der Waals surface area contributed by atoms with Gasteiger partial charge in [-0.3, -0.25) is 0 Å². The third-order valence-electron chi connectivity index (χ3n) is 1.90. The first-order chi connectivity index (χ1) is 5.74. The first-order valence-electron chi connectivity index (χ1n) is 4.19. The van der Waals surface area contributed by atoms with Crippen LogP contribution in [0.2, 0.25) is 0 Å². The van der Waals surface area contributed by atoms with Crippen LogP contribution in [0.5, 0.6) is 5.75 Å². The number of hydrogen-bond acceptors (Lipinski definition) is 1. The molecule has 0 saturated carbocycles. The molecule has 0 aliphatic heterocycles. The maximum absolute atomic E-state index is 9.41. The predicted molar refractivity (Wildman–Crippen MR) is 52.0 cm³/mol. The minimum Gasteiger partial charge on any atom is -0.507 e. The van der Waals surface area contributed by atoms with Crippen molar-refractivity contribution in [3.8, 4) is 5.75 Å². The molecule has 12 heavy (non-hydrogen) atoms. The fourth-order valence-electron chi connectivity index (χ4n) is 0.977. The van der Waals surface area contributed by atoms with E-state index in [1.807, 2.05) is 24.3 Å². The fourth-order valence-corrected chi connectivity index (χ4v) is 0.977. The van der Waals surface area contributed by atoms with Crippen molar-refractivity contribution in [2.24, 2.45) is 0 Å². The maximum Gasteiger partial charge on any atom is 0.122 e. The molecule has 0 unspecified atom stereocenters. The largest absolute Gasteiger partial charge is 0.507 e. The summed E-state index contributed by atoms with van der Waals surface area (Å²) in [4.78, 5) is 0. The molecule has 0 saturated heterocycles. The van der Waals surface area contributed by atoms with Crippen molar-refractivity contribution in [1.29, 1.82) is 0 Å². The van der Waals surface area contributed by atoms with Crippen LogP contribution in [0.4, 0.5) is 0 Å². The van der Waals surface area contributed by atoms with E-state index in [0.29, 0.717) is 5.75 Å². The molecule has 0 fully saturated rings. The normalized spacial score (nSPS) is 11.7. The molecule has 64 valence electrons. The SMILES string of the molecule is CC/C(C)=C/c1ccccc1O. The second-order valence-corrected chi connectivity index (χ2v) is 2.90. The lowest BCUT2D eigenvalue weighted by molar-refractivity contribution is 0.474. The number of hydrogen-bond donors (Lipinski definition) is 1. The zero-order chi connectivity index (χ0) is 8.97. The first-order valence-corrected chi connectivity index (χ1v) is 4.19. The van der Waals surface area contributed by atoms with Gasteiger partial charge in [-0.05, 0) is 19.4 Å². The van der Waals surface area contributed by atoms with E-state index >= 15 is 0 Å². The lowest BCUT2D eigenvalue weighted by atomic mass is 10.1. The van der Waals surface area contributed by atoms with Gasteiger partial charge in [-0.15, -0.1) is 0 Å². The van der Waals surface area contributed by atoms with E-state index in [0.717, 1.165) is 12.0 Å². The standard InChI is InChI=1S/C11H14O/c1-3-9(2)8-10-6-4-5-7-11(10)12/h4-8,12H,3H2,1-2H3/b9-8+. The van der Waals surface area contributed by atoms with Gasteiger partial charge in [0.05, 0.1) is 0 Å². The van der Waals surface area contributed by atoms with Gasteiger partial charge in [-0.2, -0.15) is 0 Å². The summed E-state index contributed by atoms with van der Waals surface area (Å²) >= 11 is 0. The highest BCUT2D eigenvalue weighted by Gasteiger charge is 1.94. The number of para-hydroxylation sites is 1. The van der Waals surface area contributed by atoms with Gasteiger partial charge in [0.1, 0.15) is 5.75 Å². The Morgan fingerprint density at radius 3 is 2.67 bits per heavy atom. The van der Waals surface area contributed by atoms with Crippen LogP contribution in [0.3, 0.4) is 0 Å². The smallest absolute Gasteiger partial charge is 0.122 e. The Morgan fingerprint density at radius 1 is 1.42 bits per heavy atom. The summed E-state index contributed by atoms with van der Waals surface area (Å²) in [6, 6.07) is 7.37. The second kappa shape index (κ2) is 3.96. The van der Waals surface area contributed by atoms with Crippen molar-refractivity contribution in [3.05, 3.63) is 35.4 Å². The quantitative estimate of drug-likeness (QED) is 0.708. The maximum atomic E-state index is 9.41. The molecule has 0 radical (unpaired) electrons. The van der Waals surface area contributed by atoms with Crippen molar-refractivity contribution in [2.75, 3.05) is 0 Å². The lowest BCUT2D eigenvalue weighted by Crippen LogP contribution is -1.76. The molecular weight excluding hydrogens is 148 g/mol. The van der Waals surface area contributed by atoms with Crippen LogP contribution in [0, 0.1) is 0 Å². The monoisotopic (exact) mass is 162 g/mol. The molecule has 1 rings (SSSR count). The molecule has 0 amide bonds. The van der Waals surface area contributed by atoms with E-state index in [9.17, 15) is 5.11 Å². The van der Waals surface area contributed by atoms with E-state index in [4.69, 9.17) is 0 Å². The summed E-state index contributed by atoms with van der Waals surface area (Å²) in [5, 5.41) is 9.41. The molecule has 1 N–H and O–H groups in total. The number of phenols is 1. The molecule has 1 nitrogen and oxygen atoms in total. The molecule has 0 aliphatic carbocycles. The van der Waals surface area contributed by atoms with Gasteiger partial charge in [0.2, 0.25) is 0 Å². The summed E-state index contributed by atoms with van der Waals surface area (Å²) in [5.74, 6) is 0.352. The van der Waals surface area contributed by atoms with Gasteiger partial charge in [0, 0.05) is 5.56 Å². The molecule has 0 heterocycles. The summed E-state index contributed by atoms with van der Waals surface area (Å²) in [7, 11) is 0. The summed E-state index contributed by atoms with van der Waals surface area (Å²) < 4.78 is 0. The highest BCUT2D eigenvalue weighted by atomic mass is 16.3. The number of benzene rings is 1. The molecule has 0 atom stereocenters. The molecule has 0 aliphatic rings. The summed E-state index contributed by atoms with van der Waals surface area (Å²) in [6.45, 7) is 4.16. The van der Waals surface area contributed by atoms with Gasteiger partial charge >= 0.3 is 0 Å². The number of aromatic hydroxyl groups is 1. The highest BCUT2D eigenvalue weighted by molar-refractivity contribution is 5.58. The third-order valence-corrected chi connectivity index (χ3v) is 1.90. The summed E-state index contributed by atoms with van der Waals surface area (Å²) in [6.07, 6.45) is 3.03. The molecule has 0 aromatic heterocycles. The topological polar surface area (TPSA) is 20.2 Å². The average molecular weight is 162 g/mol. The van der Waals surface area contributed by atoms with E-state index in [1.54, 1.807) is 6.07 Å². The van der Waals surface area contributed by atoms with Gasteiger partial charge in [-0.1, -0.05) is 36.8 Å². The Bertz CT molecular complexity index is 287. The zero-order valence-electron chi connectivity index (χ0n) is 7.54.